The SMILES string of the molecule is CCC(Oc1cc(C)cc(C)c1)C(=O)NCc1ccc(OC(C)C)cc1. The summed E-state index contributed by atoms with van der Waals surface area (Å²) < 4.78 is 11.5. The molecular weight excluding hydrogens is 326 g/mol. The highest BCUT2D eigenvalue weighted by Gasteiger charge is 2.18. The lowest BCUT2D eigenvalue weighted by molar-refractivity contribution is -0.128. The third-order valence-corrected chi connectivity index (χ3v) is 3.90. The predicted octanol–water partition coefficient (Wildman–Crippen LogP) is 4.56. The van der Waals surface area contributed by atoms with Gasteiger partial charge in [-0.1, -0.05) is 25.1 Å². The quantitative estimate of drug-likeness (QED) is 0.755. The Bertz CT molecular complexity index is 702. The third-order valence-electron chi connectivity index (χ3n) is 3.90. The fourth-order valence-corrected chi connectivity index (χ4v) is 2.75. The molecule has 0 aliphatic heterocycles. The number of carbonyl (C=O) groups is 1. The van der Waals surface area contributed by atoms with E-state index >= 15 is 0 Å². The van der Waals surface area contributed by atoms with Crippen LogP contribution < -0.4 is 14.8 Å². The summed E-state index contributed by atoms with van der Waals surface area (Å²) in [6, 6.07) is 13.8. The van der Waals surface area contributed by atoms with Crippen molar-refractivity contribution in [2.75, 3.05) is 0 Å². The maximum Gasteiger partial charge on any atom is 0.261 e. The van der Waals surface area contributed by atoms with Crippen LogP contribution in [0.2, 0.25) is 0 Å². The minimum absolute atomic E-state index is 0.103. The number of carbonyl (C=O) groups excluding carboxylic acids is 1. The maximum atomic E-state index is 12.5. The third kappa shape index (κ3) is 6.10. The molecule has 0 fully saturated rings. The zero-order valence-corrected chi connectivity index (χ0v) is 16.3. The molecule has 0 radical (unpaired) electrons. The molecule has 0 bridgehead atoms. The van der Waals surface area contributed by atoms with Gasteiger partial charge in [0.25, 0.3) is 5.91 Å². The molecule has 2 rings (SSSR count). The van der Waals surface area contributed by atoms with Gasteiger partial charge in [0.15, 0.2) is 6.10 Å². The first-order valence-electron chi connectivity index (χ1n) is 9.15. The van der Waals surface area contributed by atoms with E-state index in [9.17, 15) is 4.79 Å². The smallest absolute Gasteiger partial charge is 0.261 e. The van der Waals surface area contributed by atoms with Crippen LogP contribution in [0.25, 0.3) is 0 Å². The number of rotatable bonds is 8. The molecule has 4 nitrogen and oxygen atoms in total. The van der Waals surface area contributed by atoms with Crippen molar-refractivity contribution in [2.24, 2.45) is 0 Å². The first-order valence-corrected chi connectivity index (χ1v) is 9.15. The lowest BCUT2D eigenvalue weighted by Crippen LogP contribution is -2.37. The normalized spacial score (nSPS) is 11.9. The monoisotopic (exact) mass is 355 g/mol. The fourth-order valence-electron chi connectivity index (χ4n) is 2.75. The first kappa shape index (κ1) is 19.8. The minimum Gasteiger partial charge on any atom is -0.491 e. The molecule has 26 heavy (non-hydrogen) atoms. The Morgan fingerprint density at radius 2 is 1.58 bits per heavy atom. The van der Waals surface area contributed by atoms with Crippen LogP contribution in [0.4, 0.5) is 0 Å². The van der Waals surface area contributed by atoms with Crippen LogP contribution in [0.1, 0.15) is 43.9 Å². The second-order valence-electron chi connectivity index (χ2n) is 6.87. The van der Waals surface area contributed by atoms with Gasteiger partial charge in [-0.2, -0.15) is 0 Å². The Hall–Kier alpha value is -2.49. The molecule has 1 N–H and O–H groups in total. The Morgan fingerprint density at radius 1 is 0.962 bits per heavy atom. The van der Waals surface area contributed by atoms with Gasteiger partial charge in [0.1, 0.15) is 11.5 Å². The lowest BCUT2D eigenvalue weighted by Gasteiger charge is -2.18. The van der Waals surface area contributed by atoms with Gasteiger partial charge in [0, 0.05) is 6.54 Å². The van der Waals surface area contributed by atoms with Crippen LogP contribution in [0, 0.1) is 13.8 Å². The van der Waals surface area contributed by atoms with E-state index in [2.05, 4.69) is 11.4 Å². The Labute approximate surface area is 156 Å². The number of hydrogen-bond acceptors (Lipinski definition) is 3. The average molecular weight is 355 g/mol. The maximum absolute atomic E-state index is 12.5. The largest absolute Gasteiger partial charge is 0.491 e. The molecule has 0 aliphatic carbocycles. The molecule has 0 aliphatic rings. The molecule has 4 heteroatoms. The molecule has 1 amide bonds. The number of ether oxygens (including phenoxy) is 2. The van der Waals surface area contributed by atoms with Crippen molar-refractivity contribution in [1.29, 1.82) is 0 Å². The highest BCUT2D eigenvalue weighted by Crippen LogP contribution is 2.19. The van der Waals surface area contributed by atoms with Crippen LogP contribution in [-0.2, 0) is 11.3 Å². The topological polar surface area (TPSA) is 47.6 Å². The van der Waals surface area contributed by atoms with E-state index in [0.29, 0.717) is 13.0 Å². The molecule has 0 saturated carbocycles. The van der Waals surface area contributed by atoms with E-state index < -0.39 is 6.10 Å². The minimum atomic E-state index is -0.500. The van der Waals surface area contributed by atoms with Crippen molar-refractivity contribution in [3.8, 4) is 11.5 Å². The summed E-state index contributed by atoms with van der Waals surface area (Å²) in [5.41, 5.74) is 3.27. The summed E-state index contributed by atoms with van der Waals surface area (Å²) in [7, 11) is 0. The summed E-state index contributed by atoms with van der Waals surface area (Å²) in [6.07, 6.45) is 0.257. The Morgan fingerprint density at radius 3 is 2.12 bits per heavy atom. The van der Waals surface area contributed by atoms with Crippen molar-refractivity contribution in [3.05, 3.63) is 59.2 Å². The van der Waals surface area contributed by atoms with Gasteiger partial charge >= 0.3 is 0 Å². The van der Waals surface area contributed by atoms with E-state index in [0.717, 1.165) is 28.2 Å². The van der Waals surface area contributed by atoms with Crippen molar-refractivity contribution in [3.63, 3.8) is 0 Å². The number of aryl methyl sites for hydroxylation is 2. The van der Waals surface area contributed by atoms with Crippen molar-refractivity contribution in [2.45, 2.75) is 59.8 Å². The highest BCUT2D eigenvalue weighted by molar-refractivity contribution is 5.81. The average Bonchev–Trinajstić information content (AvgIpc) is 2.57. The van der Waals surface area contributed by atoms with E-state index in [1.54, 1.807) is 0 Å². The summed E-state index contributed by atoms with van der Waals surface area (Å²) in [5, 5.41) is 2.95. The van der Waals surface area contributed by atoms with Gasteiger partial charge < -0.3 is 14.8 Å². The number of amides is 1. The standard InChI is InChI=1S/C22H29NO3/c1-6-21(26-20-12-16(4)11-17(5)13-20)22(24)23-14-18-7-9-19(10-8-18)25-15(2)3/h7-13,15,21H,6,14H2,1-5H3,(H,23,24). The van der Waals surface area contributed by atoms with Crippen molar-refractivity contribution >= 4 is 5.91 Å². The van der Waals surface area contributed by atoms with E-state index in [4.69, 9.17) is 9.47 Å². The van der Waals surface area contributed by atoms with Crippen LogP contribution in [0.5, 0.6) is 11.5 Å². The molecule has 140 valence electrons. The van der Waals surface area contributed by atoms with Gasteiger partial charge in [-0.3, -0.25) is 4.79 Å². The summed E-state index contributed by atoms with van der Waals surface area (Å²) in [4.78, 5) is 12.5. The molecule has 0 saturated heterocycles. The molecule has 1 unspecified atom stereocenters. The Balaban J connectivity index is 1.92. The van der Waals surface area contributed by atoms with Gasteiger partial charge in [-0.25, -0.2) is 0 Å². The summed E-state index contributed by atoms with van der Waals surface area (Å²) in [6.45, 7) is 10.4. The van der Waals surface area contributed by atoms with E-state index in [1.807, 2.05) is 71.0 Å². The highest BCUT2D eigenvalue weighted by atomic mass is 16.5. The predicted molar refractivity (Wildman–Crippen MR) is 105 cm³/mol. The van der Waals surface area contributed by atoms with Gasteiger partial charge in [0.2, 0.25) is 0 Å². The molecule has 0 spiro atoms. The second-order valence-corrected chi connectivity index (χ2v) is 6.87. The van der Waals surface area contributed by atoms with Crippen LogP contribution in [0.3, 0.4) is 0 Å². The molecule has 0 heterocycles. The van der Waals surface area contributed by atoms with Crippen LogP contribution in [-0.4, -0.2) is 18.1 Å². The molecule has 2 aromatic carbocycles. The van der Waals surface area contributed by atoms with Gasteiger partial charge in [-0.15, -0.1) is 0 Å². The van der Waals surface area contributed by atoms with E-state index in [-0.39, 0.29) is 12.0 Å². The fraction of sp³-hybridized carbons (Fsp3) is 0.409. The lowest BCUT2D eigenvalue weighted by atomic mass is 10.1. The molecule has 0 aromatic heterocycles. The van der Waals surface area contributed by atoms with Crippen LogP contribution >= 0.6 is 0 Å². The number of benzene rings is 2. The van der Waals surface area contributed by atoms with Crippen molar-refractivity contribution < 1.29 is 14.3 Å². The number of hydrogen-bond donors (Lipinski definition) is 1. The summed E-state index contributed by atoms with van der Waals surface area (Å²) in [5.74, 6) is 1.47. The zero-order chi connectivity index (χ0) is 19.1. The zero-order valence-electron chi connectivity index (χ0n) is 16.3. The summed E-state index contributed by atoms with van der Waals surface area (Å²) >= 11 is 0. The molecule has 2 aromatic rings. The molecule has 1 atom stereocenters. The van der Waals surface area contributed by atoms with Crippen LogP contribution in [0.15, 0.2) is 42.5 Å². The first-order chi connectivity index (χ1) is 12.4. The number of nitrogens with one attached hydrogen (secondary N) is 1. The Kier molecular flexibility index (Phi) is 7.07. The van der Waals surface area contributed by atoms with Crippen molar-refractivity contribution in [1.82, 2.24) is 5.32 Å². The molecular formula is C22H29NO3. The van der Waals surface area contributed by atoms with E-state index in [1.165, 1.54) is 0 Å². The van der Waals surface area contributed by atoms with Gasteiger partial charge in [-0.05, 0) is 75.1 Å². The van der Waals surface area contributed by atoms with Gasteiger partial charge in [0.05, 0.1) is 6.10 Å². The second kappa shape index (κ2) is 9.27.